The van der Waals surface area contributed by atoms with Crippen molar-refractivity contribution in [3.63, 3.8) is 0 Å². The van der Waals surface area contributed by atoms with Crippen molar-refractivity contribution >= 4 is 46.8 Å². The molecule has 0 unspecified atom stereocenters. The van der Waals surface area contributed by atoms with Crippen LogP contribution in [0.4, 0.5) is 0 Å². The van der Waals surface area contributed by atoms with Crippen LogP contribution < -0.4 is 0 Å². The minimum atomic E-state index is -1.04. The predicted octanol–water partition coefficient (Wildman–Crippen LogP) is 4.19. The molecule has 0 aromatic heterocycles. The molecule has 6 rings (SSSR count). The van der Waals surface area contributed by atoms with E-state index in [1.165, 1.54) is 18.2 Å². The fraction of sp³-hybridized carbons (Fsp3) is 0.520. The Morgan fingerprint density at radius 2 is 1.67 bits per heavy atom. The highest BCUT2D eigenvalue weighted by atomic mass is 35.5. The van der Waals surface area contributed by atoms with Crippen LogP contribution in [0.25, 0.3) is 0 Å². The number of benzene rings is 1. The van der Waals surface area contributed by atoms with Gasteiger partial charge in [-0.2, -0.15) is 0 Å². The Morgan fingerprint density at radius 3 is 2.21 bits per heavy atom. The molecule has 1 aliphatic heterocycles. The second-order valence-electron chi connectivity index (χ2n) is 10.0. The second kappa shape index (κ2) is 8.24. The molecule has 2 amide bonds. The molecule has 1 aromatic rings. The summed E-state index contributed by atoms with van der Waals surface area (Å²) in [5, 5.41) is 0.553. The van der Waals surface area contributed by atoms with Crippen LogP contribution in [-0.2, 0) is 19.1 Å². The van der Waals surface area contributed by atoms with E-state index in [0.717, 1.165) is 11.3 Å². The lowest BCUT2D eigenvalue weighted by Crippen LogP contribution is -2.47. The number of Topliss-reactive ketones (excluding diaryl/α,β-unsaturated/α-hetero) is 1. The van der Waals surface area contributed by atoms with Gasteiger partial charge in [0.15, 0.2) is 6.61 Å². The first-order valence-corrected chi connectivity index (χ1v) is 12.1. The first kappa shape index (κ1) is 22.6. The third-order valence-corrected chi connectivity index (χ3v) is 8.10. The van der Waals surface area contributed by atoms with Crippen LogP contribution in [0.2, 0.25) is 10.0 Å². The Hall–Kier alpha value is -2.18. The SMILES string of the molecule is CC(C)C[C@H](C(=O)OCC(=O)c1ccc(Cl)cc1Cl)N1C(=O)[C@@H]2[C@H]3C=C[C@@H]([C@@H]4C[C@@H]34)[C@H]2C1=O. The summed E-state index contributed by atoms with van der Waals surface area (Å²) in [7, 11) is 0. The first-order chi connectivity index (χ1) is 15.7. The molecule has 4 aliphatic carbocycles. The summed E-state index contributed by atoms with van der Waals surface area (Å²) < 4.78 is 5.33. The van der Waals surface area contributed by atoms with Crippen LogP contribution in [0.5, 0.6) is 0 Å². The number of hydrogen-bond donors (Lipinski definition) is 0. The number of carbonyl (C=O) groups excluding carboxylic acids is 4. The lowest BCUT2D eigenvalue weighted by atomic mass is 9.63. The van der Waals surface area contributed by atoms with Crippen molar-refractivity contribution < 1.29 is 23.9 Å². The molecule has 2 saturated carbocycles. The van der Waals surface area contributed by atoms with E-state index >= 15 is 0 Å². The van der Waals surface area contributed by atoms with Gasteiger partial charge in [0.05, 0.1) is 16.9 Å². The zero-order chi connectivity index (χ0) is 23.6. The summed E-state index contributed by atoms with van der Waals surface area (Å²) in [6.45, 7) is 3.30. The number of allylic oxidation sites excluding steroid dienone is 2. The lowest BCUT2D eigenvalue weighted by Gasteiger charge is -2.37. The number of rotatable bonds is 7. The third kappa shape index (κ3) is 3.71. The van der Waals surface area contributed by atoms with Crippen LogP contribution in [0, 0.1) is 41.4 Å². The highest BCUT2D eigenvalue weighted by molar-refractivity contribution is 6.36. The largest absolute Gasteiger partial charge is 0.456 e. The molecule has 0 spiro atoms. The van der Waals surface area contributed by atoms with Gasteiger partial charge in [0.1, 0.15) is 6.04 Å². The van der Waals surface area contributed by atoms with Gasteiger partial charge in [-0.15, -0.1) is 0 Å². The number of halogens is 2. The third-order valence-electron chi connectivity index (χ3n) is 7.55. The number of esters is 1. The predicted molar refractivity (Wildman–Crippen MR) is 122 cm³/mol. The Morgan fingerprint density at radius 1 is 1.06 bits per heavy atom. The molecule has 0 radical (unpaired) electrons. The Balaban J connectivity index is 1.33. The van der Waals surface area contributed by atoms with Gasteiger partial charge in [0, 0.05) is 10.6 Å². The van der Waals surface area contributed by atoms with Gasteiger partial charge >= 0.3 is 5.97 Å². The van der Waals surface area contributed by atoms with Crippen molar-refractivity contribution in [1.29, 1.82) is 0 Å². The van der Waals surface area contributed by atoms with Crippen molar-refractivity contribution in [1.82, 2.24) is 4.90 Å². The summed E-state index contributed by atoms with van der Waals surface area (Å²) in [6.07, 6.45) is 5.54. The molecule has 174 valence electrons. The first-order valence-electron chi connectivity index (χ1n) is 11.4. The van der Waals surface area contributed by atoms with Crippen LogP contribution in [0.1, 0.15) is 37.0 Å². The van der Waals surface area contributed by atoms with Gasteiger partial charge in [-0.25, -0.2) is 4.79 Å². The standard InChI is InChI=1S/C25H25Cl2NO5/c1-11(2)7-19(25(32)33-10-20(29)15-4-3-12(26)8-18(15)27)28-23(30)21-13-5-6-14(17-9-16(13)17)22(21)24(28)31/h3-6,8,11,13-14,16-17,19,21-22H,7,9-10H2,1-2H3/t13-,14-,16-,17-,19+,21+,22+/m0/s1. The molecule has 6 nitrogen and oxygen atoms in total. The van der Waals surface area contributed by atoms with Crippen molar-refractivity contribution in [2.45, 2.75) is 32.7 Å². The molecule has 8 heteroatoms. The monoisotopic (exact) mass is 489 g/mol. The summed E-state index contributed by atoms with van der Waals surface area (Å²) >= 11 is 12.0. The molecule has 7 atom stereocenters. The molecule has 3 fully saturated rings. The highest BCUT2D eigenvalue weighted by Gasteiger charge is 2.68. The number of carbonyl (C=O) groups is 4. The Bertz CT molecular complexity index is 1050. The van der Waals surface area contributed by atoms with Gasteiger partial charge < -0.3 is 4.74 Å². The maximum atomic E-state index is 13.4. The van der Waals surface area contributed by atoms with E-state index in [-0.39, 0.29) is 58.4 Å². The fourth-order valence-corrected chi connectivity index (χ4v) is 6.58. The van der Waals surface area contributed by atoms with E-state index in [0.29, 0.717) is 16.9 Å². The summed E-state index contributed by atoms with van der Waals surface area (Å²) in [4.78, 5) is 53.7. The fourth-order valence-electron chi connectivity index (χ4n) is 6.07. The number of likely N-dealkylation sites (tertiary alicyclic amines) is 1. The minimum Gasteiger partial charge on any atom is -0.456 e. The number of hydrogen-bond acceptors (Lipinski definition) is 5. The van der Waals surface area contributed by atoms with Gasteiger partial charge in [-0.3, -0.25) is 19.3 Å². The number of ether oxygens (including phenoxy) is 1. The highest BCUT2D eigenvalue weighted by Crippen LogP contribution is 2.65. The van der Waals surface area contributed by atoms with Crippen molar-refractivity contribution in [3.8, 4) is 0 Å². The van der Waals surface area contributed by atoms with E-state index in [1.807, 2.05) is 13.8 Å². The molecule has 33 heavy (non-hydrogen) atoms. The van der Waals surface area contributed by atoms with Crippen LogP contribution in [0.3, 0.4) is 0 Å². The van der Waals surface area contributed by atoms with Gasteiger partial charge in [-0.1, -0.05) is 49.2 Å². The second-order valence-corrected chi connectivity index (χ2v) is 10.8. The zero-order valence-corrected chi connectivity index (χ0v) is 19.9. The van der Waals surface area contributed by atoms with Crippen molar-refractivity contribution in [2.75, 3.05) is 6.61 Å². The van der Waals surface area contributed by atoms with E-state index in [1.54, 1.807) is 0 Å². The summed E-state index contributed by atoms with van der Waals surface area (Å²) in [6, 6.07) is 3.40. The minimum absolute atomic E-state index is 0.0374. The molecule has 0 N–H and O–H groups in total. The quantitative estimate of drug-likeness (QED) is 0.248. The topological polar surface area (TPSA) is 80.8 Å². The molecular weight excluding hydrogens is 465 g/mol. The number of imide groups is 1. The smallest absolute Gasteiger partial charge is 0.329 e. The van der Waals surface area contributed by atoms with E-state index in [4.69, 9.17) is 27.9 Å². The van der Waals surface area contributed by atoms with Crippen molar-refractivity contribution in [3.05, 3.63) is 46.0 Å². The average molecular weight is 490 g/mol. The maximum Gasteiger partial charge on any atom is 0.329 e. The lowest BCUT2D eigenvalue weighted by molar-refractivity contribution is -0.159. The molecule has 1 aromatic carbocycles. The Labute approximate surface area is 202 Å². The van der Waals surface area contributed by atoms with Crippen LogP contribution >= 0.6 is 23.2 Å². The van der Waals surface area contributed by atoms with Crippen LogP contribution in [-0.4, -0.2) is 41.1 Å². The summed E-state index contributed by atoms with van der Waals surface area (Å²) in [5.74, 6) is -1.38. The van der Waals surface area contributed by atoms with E-state index < -0.39 is 24.4 Å². The number of ketones is 1. The van der Waals surface area contributed by atoms with E-state index in [2.05, 4.69) is 12.2 Å². The van der Waals surface area contributed by atoms with Gasteiger partial charge in [0.25, 0.3) is 0 Å². The normalized spacial score (nSPS) is 32.1. The van der Waals surface area contributed by atoms with Crippen LogP contribution in [0.15, 0.2) is 30.4 Å². The molecular formula is C25H25Cl2NO5. The molecule has 1 heterocycles. The molecule has 2 bridgehead atoms. The zero-order valence-electron chi connectivity index (χ0n) is 18.4. The molecule has 5 aliphatic rings. The number of nitrogens with zero attached hydrogens (tertiary/aromatic N) is 1. The van der Waals surface area contributed by atoms with Gasteiger partial charge in [-0.05, 0) is 60.6 Å². The van der Waals surface area contributed by atoms with E-state index in [9.17, 15) is 19.2 Å². The average Bonchev–Trinajstić information content (AvgIpc) is 3.54. The molecule has 1 saturated heterocycles. The van der Waals surface area contributed by atoms with Gasteiger partial charge in [0.2, 0.25) is 17.6 Å². The Kier molecular flexibility index (Phi) is 5.65. The maximum absolute atomic E-state index is 13.4. The number of amides is 2. The van der Waals surface area contributed by atoms with Crippen molar-refractivity contribution in [2.24, 2.45) is 41.4 Å². The summed E-state index contributed by atoms with van der Waals surface area (Å²) in [5.41, 5.74) is 0.190.